The molecule has 0 saturated carbocycles. The Morgan fingerprint density at radius 1 is 1.00 bits per heavy atom. The molecule has 0 aliphatic carbocycles. The lowest BCUT2D eigenvalue weighted by Gasteiger charge is -2.17. The molecule has 1 unspecified atom stereocenters. The average Bonchev–Trinajstić information content (AvgIpc) is 2.49. The molecular weight excluding hydrogens is 289 g/mol. The van der Waals surface area contributed by atoms with Gasteiger partial charge in [0.15, 0.2) is 0 Å². The Bertz CT molecular complexity index is 540. The maximum absolute atomic E-state index is 6.25. The van der Waals surface area contributed by atoms with Gasteiger partial charge in [0, 0.05) is 6.04 Å². The predicted octanol–water partition coefficient (Wildman–Crippen LogP) is 4.76. The molecule has 2 aromatic rings. The van der Waals surface area contributed by atoms with Gasteiger partial charge in [-0.25, -0.2) is 0 Å². The van der Waals surface area contributed by atoms with Crippen LogP contribution < -0.4 is 5.32 Å². The fourth-order valence-corrected chi connectivity index (χ4v) is 2.70. The summed E-state index contributed by atoms with van der Waals surface area (Å²) in [4.78, 5) is 0. The van der Waals surface area contributed by atoms with Crippen LogP contribution >= 0.6 is 23.2 Å². The molecule has 0 fully saturated rings. The molecule has 20 heavy (non-hydrogen) atoms. The van der Waals surface area contributed by atoms with Crippen LogP contribution in [0.1, 0.15) is 17.5 Å². The summed E-state index contributed by atoms with van der Waals surface area (Å²) in [5.41, 5.74) is 2.47. The van der Waals surface area contributed by atoms with E-state index in [1.54, 1.807) is 0 Å². The highest BCUT2D eigenvalue weighted by atomic mass is 35.5. The Labute approximate surface area is 130 Å². The Hall–Kier alpha value is -1.02. The van der Waals surface area contributed by atoms with Crippen molar-refractivity contribution in [3.8, 4) is 0 Å². The number of hydrogen-bond acceptors (Lipinski definition) is 1. The van der Waals surface area contributed by atoms with Crippen molar-refractivity contribution in [3.05, 3.63) is 69.7 Å². The number of nitrogens with one attached hydrogen (secondary N) is 1. The van der Waals surface area contributed by atoms with Gasteiger partial charge < -0.3 is 5.32 Å². The van der Waals surface area contributed by atoms with Crippen LogP contribution in [0.5, 0.6) is 0 Å². The zero-order valence-corrected chi connectivity index (χ0v) is 13.1. The molecule has 2 aromatic carbocycles. The minimum absolute atomic E-state index is 0.395. The summed E-state index contributed by atoms with van der Waals surface area (Å²) in [5, 5.41) is 4.67. The van der Waals surface area contributed by atoms with E-state index < -0.39 is 0 Å². The fourth-order valence-electron chi connectivity index (χ4n) is 2.31. The van der Waals surface area contributed by atoms with Gasteiger partial charge in [0.05, 0.1) is 10.0 Å². The number of rotatable bonds is 6. The van der Waals surface area contributed by atoms with E-state index in [1.165, 1.54) is 5.56 Å². The minimum atomic E-state index is 0.395. The molecule has 0 saturated heterocycles. The van der Waals surface area contributed by atoms with E-state index in [0.29, 0.717) is 16.1 Å². The van der Waals surface area contributed by atoms with E-state index in [2.05, 4.69) is 29.6 Å². The summed E-state index contributed by atoms with van der Waals surface area (Å²) in [5.74, 6) is 0. The molecule has 0 amide bonds. The Morgan fingerprint density at radius 3 is 2.45 bits per heavy atom. The van der Waals surface area contributed by atoms with Crippen molar-refractivity contribution in [3.63, 3.8) is 0 Å². The van der Waals surface area contributed by atoms with Crippen LogP contribution in [0.3, 0.4) is 0 Å². The van der Waals surface area contributed by atoms with E-state index >= 15 is 0 Å². The Kier molecular flexibility index (Phi) is 5.90. The number of halogens is 2. The van der Waals surface area contributed by atoms with Gasteiger partial charge >= 0.3 is 0 Å². The molecule has 0 heterocycles. The average molecular weight is 308 g/mol. The smallest absolute Gasteiger partial charge is 0.0624 e. The summed E-state index contributed by atoms with van der Waals surface area (Å²) in [7, 11) is 1.99. The van der Waals surface area contributed by atoms with Crippen LogP contribution in [-0.4, -0.2) is 13.1 Å². The summed E-state index contributed by atoms with van der Waals surface area (Å²) in [6.45, 7) is 0. The highest BCUT2D eigenvalue weighted by molar-refractivity contribution is 6.42. The zero-order chi connectivity index (χ0) is 14.4. The van der Waals surface area contributed by atoms with E-state index in [9.17, 15) is 0 Å². The molecule has 0 spiro atoms. The standard InChI is InChI=1S/C17H19Cl2N/c1-20-15(11-10-13-6-3-2-4-7-13)12-14-8-5-9-16(18)17(14)19/h2-9,15,20H,10-12H2,1H3. The van der Waals surface area contributed by atoms with Crippen LogP contribution in [0.4, 0.5) is 0 Å². The first kappa shape index (κ1) is 15.4. The monoisotopic (exact) mass is 307 g/mol. The maximum atomic E-state index is 6.25. The summed E-state index contributed by atoms with van der Waals surface area (Å²) in [6.07, 6.45) is 3.02. The van der Waals surface area contributed by atoms with E-state index in [-0.39, 0.29) is 0 Å². The largest absolute Gasteiger partial charge is 0.317 e. The summed E-state index contributed by atoms with van der Waals surface area (Å²) < 4.78 is 0. The number of aryl methyl sites for hydroxylation is 1. The van der Waals surface area contributed by atoms with Gasteiger partial charge in [-0.3, -0.25) is 0 Å². The van der Waals surface area contributed by atoms with Crippen LogP contribution in [0.15, 0.2) is 48.5 Å². The lowest BCUT2D eigenvalue weighted by molar-refractivity contribution is 0.520. The van der Waals surface area contributed by atoms with Crippen molar-refractivity contribution in [2.45, 2.75) is 25.3 Å². The number of benzene rings is 2. The number of likely N-dealkylation sites (N-methyl/N-ethyl adjacent to an activating group) is 1. The Morgan fingerprint density at radius 2 is 1.75 bits per heavy atom. The zero-order valence-electron chi connectivity index (χ0n) is 11.6. The van der Waals surface area contributed by atoms with Crippen molar-refractivity contribution >= 4 is 23.2 Å². The van der Waals surface area contributed by atoms with Crippen LogP contribution in [-0.2, 0) is 12.8 Å². The molecule has 0 aliphatic rings. The molecule has 106 valence electrons. The van der Waals surface area contributed by atoms with Crippen molar-refractivity contribution in [2.75, 3.05) is 7.05 Å². The predicted molar refractivity (Wildman–Crippen MR) is 87.8 cm³/mol. The van der Waals surface area contributed by atoms with Gasteiger partial charge in [-0.2, -0.15) is 0 Å². The topological polar surface area (TPSA) is 12.0 Å². The van der Waals surface area contributed by atoms with Crippen LogP contribution in [0, 0.1) is 0 Å². The van der Waals surface area contributed by atoms with Crippen molar-refractivity contribution in [2.24, 2.45) is 0 Å². The molecule has 0 radical (unpaired) electrons. The molecule has 2 rings (SSSR count). The lowest BCUT2D eigenvalue weighted by atomic mass is 9.99. The Balaban J connectivity index is 1.97. The molecule has 1 nitrogen and oxygen atoms in total. The van der Waals surface area contributed by atoms with Crippen LogP contribution in [0.2, 0.25) is 10.0 Å². The third-order valence-corrected chi connectivity index (χ3v) is 4.39. The van der Waals surface area contributed by atoms with E-state index in [0.717, 1.165) is 24.8 Å². The SMILES string of the molecule is CNC(CCc1ccccc1)Cc1cccc(Cl)c1Cl. The second kappa shape index (κ2) is 7.68. The van der Waals surface area contributed by atoms with Crippen molar-refractivity contribution in [1.29, 1.82) is 0 Å². The molecule has 1 N–H and O–H groups in total. The van der Waals surface area contributed by atoms with E-state index in [1.807, 2.05) is 31.3 Å². The highest BCUT2D eigenvalue weighted by Crippen LogP contribution is 2.26. The minimum Gasteiger partial charge on any atom is -0.317 e. The third-order valence-electron chi connectivity index (χ3n) is 3.53. The quantitative estimate of drug-likeness (QED) is 0.811. The van der Waals surface area contributed by atoms with E-state index in [4.69, 9.17) is 23.2 Å². The second-order valence-electron chi connectivity index (χ2n) is 4.93. The van der Waals surface area contributed by atoms with Gasteiger partial charge in [0.25, 0.3) is 0 Å². The fraction of sp³-hybridized carbons (Fsp3) is 0.294. The first-order valence-electron chi connectivity index (χ1n) is 6.84. The lowest BCUT2D eigenvalue weighted by Crippen LogP contribution is -2.28. The van der Waals surface area contributed by atoms with Crippen LogP contribution in [0.25, 0.3) is 0 Å². The van der Waals surface area contributed by atoms with Gasteiger partial charge in [-0.15, -0.1) is 0 Å². The molecule has 0 aromatic heterocycles. The molecular formula is C17H19Cl2N. The highest BCUT2D eigenvalue weighted by Gasteiger charge is 2.11. The second-order valence-corrected chi connectivity index (χ2v) is 5.71. The normalized spacial score (nSPS) is 12.3. The first-order valence-corrected chi connectivity index (χ1v) is 7.60. The molecule has 0 bridgehead atoms. The maximum Gasteiger partial charge on any atom is 0.0624 e. The molecule has 1 atom stereocenters. The summed E-state index contributed by atoms with van der Waals surface area (Å²) >= 11 is 12.3. The van der Waals surface area contributed by atoms with Crippen molar-refractivity contribution < 1.29 is 0 Å². The first-order chi connectivity index (χ1) is 9.70. The van der Waals surface area contributed by atoms with Crippen molar-refractivity contribution in [1.82, 2.24) is 5.32 Å². The summed E-state index contributed by atoms with van der Waals surface area (Å²) in [6, 6.07) is 16.8. The van der Waals surface area contributed by atoms with Gasteiger partial charge in [-0.05, 0) is 43.5 Å². The third kappa shape index (κ3) is 4.24. The molecule has 3 heteroatoms. The van der Waals surface area contributed by atoms with Gasteiger partial charge in [0.2, 0.25) is 0 Å². The number of hydrogen-bond donors (Lipinski definition) is 1. The van der Waals surface area contributed by atoms with Gasteiger partial charge in [0.1, 0.15) is 0 Å². The van der Waals surface area contributed by atoms with Gasteiger partial charge in [-0.1, -0.05) is 65.7 Å². The molecule has 0 aliphatic heterocycles.